The van der Waals surface area contributed by atoms with Gasteiger partial charge in [-0.1, -0.05) is 44.0 Å². The lowest BCUT2D eigenvalue weighted by molar-refractivity contribution is -0.141. The maximum atomic E-state index is 13.5. The van der Waals surface area contributed by atoms with E-state index >= 15 is 0 Å². The molecule has 0 aromatic heterocycles. The van der Waals surface area contributed by atoms with Crippen molar-refractivity contribution in [2.75, 3.05) is 13.1 Å². The third kappa shape index (κ3) is 8.91. The molecule has 0 saturated carbocycles. The van der Waals surface area contributed by atoms with E-state index in [1.54, 1.807) is 33.8 Å². The van der Waals surface area contributed by atoms with E-state index in [0.29, 0.717) is 6.54 Å². The molecule has 184 valence electrons. The number of aryl methyl sites for hydroxylation is 1. The van der Waals surface area contributed by atoms with Crippen LogP contribution in [0.4, 0.5) is 4.79 Å². The van der Waals surface area contributed by atoms with Gasteiger partial charge >= 0.3 is 6.09 Å². The van der Waals surface area contributed by atoms with Crippen molar-refractivity contribution in [2.24, 2.45) is 0 Å². The Bertz CT molecular complexity index is 829. The monoisotopic (exact) mass is 459 g/mol. The van der Waals surface area contributed by atoms with E-state index in [1.807, 2.05) is 32.0 Å². The van der Waals surface area contributed by atoms with Crippen molar-refractivity contribution in [3.8, 4) is 0 Å². The number of amides is 3. The lowest BCUT2D eigenvalue weighted by atomic mass is 9.95. The number of carbonyl (C=O) groups is 3. The smallest absolute Gasteiger partial charge is 0.408 e. The molecule has 1 aromatic carbocycles. The van der Waals surface area contributed by atoms with E-state index in [-0.39, 0.29) is 12.5 Å². The zero-order valence-corrected chi connectivity index (χ0v) is 21.3. The molecule has 1 aromatic rings. The summed E-state index contributed by atoms with van der Waals surface area (Å²) in [6.45, 7) is 17.3. The number of hydrogen-bond donors (Lipinski definition) is 2. The van der Waals surface area contributed by atoms with Crippen LogP contribution in [0.5, 0.6) is 0 Å². The molecule has 0 aliphatic rings. The first-order chi connectivity index (χ1) is 15.4. The SMILES string of the molecule is C=CCN(C(=O)C(C)NC(=O)OC(C)(C)C)C(C(=O)NCCCCC)c1cccc(C)c1C. The van der Waals surface area contributed by atoms with Crippen LogP contribution in [0, 0.1) is 13.8 Å². The Labute approximate surface area is 198 Å². The highest BCUT2D eigenvalue weighted by Crippen LogP contribution is 2.27. The van der Waals surface area contributed by atoms with Gasteiger partial charge in [0.05, 0.1) is 0 Å². The summed E-state index contributed by atoms with van der Waals surface area (Å²) in [6.07, 6.45) is 3.83. The fourth-order valence-electron chi connectivity index (χ4n) is 3.46. The second kappa shape index (κ2) is 13.0. The van der Waals surface area contributed by atoms with Crippen LogP contribution in [0.2, 0.25) is 0 Å². The van der Waals surface area contributed by atoms with Crippen LogP contribution in [0.15, 0.2) is 30.9 Å². The molecule has 3 amide bonds. The molecule has 0 saturated heterocycles. The van der Waals surface area contributed by atoms with E-state index in [4.69, 9.17) is 4.74 Å². The fourth-order valence-corrected chi connectivity index (χ4v) is 3.46. The van der Waals surface area contributed by atoms with Crippen molar-refractivity contribution >= 4 is 17.9 Å². The Hall–Kier alpha value is -2.83. The first-order valence-corrected chi connectivity index (χ1v) is 11.7. The third-order valence-electron chi connectivity index (χ3n) is 5.29. The van der Waals surface area contributed by atoms with Gasteiger partial charge in [-0.15, -0.1) is 6.58 Å². The summed E-state index contributed by atoms with van der Waals surface area (Å²) >= 11 is 0. The number of benzene rings is 1. The Balaban J connectivity index is 3.27. The molecule has 7 nitrogen and oxygen atoms in total. The van der Waals surface area contributed by atoms with Crippen molar-refractivity contribution in [1.82, 2.24) is 15.5 Å². The Morgan fingerprint density at radius 1 is 1.18 bits per heavy atom. The minimum absolute atomic E-state index is 0.152. The van der Waals surface area contributed by atoms with Crippen LogP contribution >= 0.6 is 0 Å². The molecule has 2 N–H and O–H groups in total. The first-order valence-electron chi connectivity index (χ1n) is 11.7. The van der Waals surface area contributed by atoms with Crippen molar-refractivity contribution in [3.05, 3.63) is 47.5 Å². The normalized spacial score (nSPS) is 12.9. The summed E-state index contributed by atoms with van der Waals surface area (Å²) in [5.41, 5.74) is 2.04. The highest BCUT2D eigenvalue weighted by atomic mass is 16.6. The zero-order valence-electron chi connectivity index (χ0n) is 21.3. The van der Waals surface area contributed by atoms with Gasteiger partial charge in [0, 0.05) is 13.1 Å². The predicted octanol–water partition coefficient (Wildman–Crippen LogP) is 4.58. The average molecular weight is 460 g/mol. The molecular formula is C26H41N3O4. The topological polar surface area (TPSA) is 87.7 Å². The van der Waals surface area contributed by atoms with Gasteiger partial charge in [0.1, 0.15) is 17.7 Å². The van der Waals surface area contributed by atoms with Crippen LogP contribution in [-0.4, -0.2) is 47.5 Å². The lowest BCUT2D eigenvalue weighted by Crippen LogP contribution is -2.52. The minimum atomic E-state index is -0.889. The van der Waals surface area contributed by atoms with Crippen molar-refractivity contribution in [2.45, 2.75) is 85.4 Å². The van der Waals surface area contributed by atoms with Crippen molar-refractivity contribution < 1.29 is 19.1 Å². The van der Waals surface area contributed by atoms with Crippen LogP contribution in [0.1, 0.15) is 76.6 Å². The van der Waals surface area contributed by atoms with Gasteiger partial charge in [0.15, 0.2) is 0 Å². The lowest BCUT2D eigenvalue weighted by Gasteiger charge is -2.34. The molecule has 1 rings (SSSR count). The van der Waals surface area contributed by atoms with E-state index in [9.17, 15) is 14.4 Å². The molecule has 0 aliphatic carbocycles. The Morgan fingerprint density at radius 2 is 1.85 bits per heavy atom. The largest absolute Gasteiger partial charge is 0.444 e. The standard InChI is InChI=1S/C26H41N3O4/c1-9-11-12-16-27-23(30)22(21-15-13-14-18(3)19(21)4)29(17-10-2)24(31)20(5)28-25(32)33-26(6,7)8/h10,13-15,20,22H,2,9,11-12,16-17H2,1,3-8H3,(H,27,30)(H,28,32). The molecule has 0 spiro atoms. The third-order valence-corrected chi connectivity index (χ3v) is 5.29. The number of unbranched alkanes of at least 4 members (excludes halogenated alkanes) is 2. The summed E-state index contributed by atoms with van der Waals surface area (Å²) in [6, 6.07) is 3.99. The van der Waals surface area contributed by atoms with Gasteiger partial charge in [0.25, 0.3) is 0 Å². The van der Waals surface area contributed by atoms with Gasteiger partial charge in [-0.05, 0) is 64.7 Å². The van der Waals surface area contributed by atoms with Crippen molar-refractivity contribution in [3.63, 3.8) is 0 Å². The minimum Gasteiger partial charge on any atom is -0.444 e. The van der Waals surface area contributed by atoms with Gasteiger partial charge in [-0.25, -0.2) is 4.79 Å². The number of alkyl carbamates (subject to hydrolysis) is 1. The molecule has 2 unspecified atom stereocenters. The zero-order chi connectivity index (χ0) is 25.2. The van der Waals surface area contributed by atoms with Crippen LogP contribution in [-0.2, 0) is 14.3 Å². The summed E-state index contributed by atoms with van der Waals surface area (Å²) in [5.74, 6) is -0.644. The van der Waals surface area contributed by atoms with E-state index < -0.39 is 29.7 Å². The molecule has 7 heteroatoms. The fraction of sp³-hybridized carbons (Fsp3) is 0.577. The van der Waals surface area contributed by atoms with E-state index in [2.05, 4.69) is 24.1 Å². The maximum absolute atomic E-state index is 13.5. The number of hydrogen-bond acceptors (Lipinski definition) is 4. The van der Waals surface area contributed by atoms with Gasteiger partial charge in [0.2, 0.25) is 11.8 Å². The molecule has 0 radical (unpaired) electrons. The summed E-state index contributed by atoms with van der Waals surface area (Å²) in [4.78, 5) is 40.5. The summed E-state index contributed by atoms with van der Waals surface area (Å²) in [5, 5.41) is 5.58. The van der Waals surface area contributed by atoms with Crippen molar-refractivity contribution in [1.29, 1.82) is 0 Å². The van der Waals surface area contributed by atoms with Gasteiger partial charge < -0.3 is 20.3 Å². The number of rotatable bonds is 11. The second-order valence-corrected chi connectivity index (χ2v) is 9.34. The molecule has 2 atom stereocenters. The summed E-state index contributed by atoms with van der Waals surface area (Å²) < 4.78 is 5.28. The summed E-state index contributed by atoms with van der Waals surface area (Å²) in [7, 11) is 0. The number of nitrogens with zero attached hydrogens (tertiary/aromatic N) is 1. The van der Waals surface area contributed by atoms with E-state index in [1.165, 1.54) is 4.90 Å². The average Bonchev–Trinajstić information content (AvgIpc) is 2.71. The maximum Gasteiger partial charge on any atom is 0.408 e. The molecule has 0 bridgehead atoms. The van der Waals surface area contributed by atoms with Gasteiger partial charge in [-0.2, -0.15) is 0 Å². The van der Waals surface area contributed by atoms with Gasteiger partial charge in [-0.3, -0.25) is 9.59 Å². The second-order valence-electron chi connectivity index (χ2n) is 9.34. The molecular weight excluding hydrogens is 418 g/mol. The Morgan fingerprint density at radius 3 is 2.42 bits per heavy atom. The Kier molecular flexibility index (Phi) is 11.1. The molecule has 0 aliphatic heterocycles. The first kappa shape index (κ1) is 28.2. The van der Waals surface area contributed by atoms with E-state index in [0.717, 1.165) is 36.0 Å². The molecule has 0 heterocycles. The van der Waals surface area contributed by atoms with Crippen LogP contribution in [0.3, 0.4) is 0 Å². The number of carbonyl (C=O) groups excluding carboxylic acids is 3. The van der Waals surface area contributed by atoms with Crippen LogP contribution in [0.25, 0.3) is 0 Å². The highest BCUT2D eigenvalue weighted by Gasteiger charge is 2.34. The quantitative estimate of drug-likeness (QED) is 0.375. The molecule has 33 heavy (non-hydrogen) atoms. The number of nitrogens with one attached hydrogen (secondary N) is 2. The molecule has 0 fully saturated rings. The predicted molar refractivity (Wildman–Crippen MR) is 132 cm³/mol. The number of ether oxygens (including phenoxy) is 1. The van der Waals surface area contributed by atoms with Crippen LogP contribution < -0.4 is 10.6 Å². The highest BCUT2D eigenvalue weighted by molar-refractivity contribution is 5.92.